The molecule has 8 bridgehead atoms. The van der Waals surface area contributed by atoms with Gasteiger partial charge < -0.3 is 47.9 Å². The van der Waals surface area contributed by atoms with Crippen LogP contribution in [0.1, 0.15) is 203 Å². The summed E-state index contributed by atoms with van der Waals surface area (Å²) >= 11 is 0. The molecule has 0 atom stereocenters. The van der Waals surface area contributed by atoms with E-state index >= 15 is 0 Å². The number of H-pyrrole nitrogens is 2. The van der Waals surface area contributed by atoms with E-state index in [1.54, 1.807) is 0 Å². The number of fused-ring (bicyclic) bond motifs is 20. The van der Waals surface area contributed by atoms with Crippen molar-refractivity contribution in [3.05, 3.63) is 93.0 Å². The van der Waals surface area contributed by atoms with Crippen LogP contribution >= 0.6 is 0 Å². The quantitative estimate of drug-likeness (QED) is 0.0346. The van der Waals surface area contributed by atoms with Gasteiger partial charge in [0.25, 0.3) is 0 Å². The first-order chi connectivity index (χ1) is 43.3. The van der Waals surface area contributed by atoms with Gasteiger partial charge in [0.05, 0.1) is 52.9 Å². The number of benzene rings is 4. The Bertz CT molecular complexity index is 3090. The van der Waals surface area contributed by atoms with Crippen LogP contribution in [-0.2, 0) is 90.7 Å². The van der Waals surface area contributed by atoms with Gasteiger partial charge in [-0.3, -0.25) is 0 Å². The summed E-state index contributed by atoms with van der Waals surface area (Å²) < 4.78 is 51.2. The lowest BCUT2D eigenvalue weighted by Gasteiger charge is -2.14. The maximum absolute atomic E-state index is 6.40. The second-order valence-corrected chi connectivity index (χ2v) is 23.5. The summed E-state index contributed by atoms with van der Waals surface area (Å²) in [4.78, 5) is 40.7. The van der Waals surface area contributed by atoms with E-state index in [4.69, 9.17) is 67.8 Å². The highest BCUT2D eigenvalue weighted by Crippen LogP contribution is 2.41. The molecule has 0 spiro atoms. The molecule has 88 heavy (non-hydrogen) atoms. The lowest BCUT2D eigenvalue weighted by Crippen LogP contribution is -2.04. The van der Waals surface area contributed by atoms with Crippen molar-refractivity contribution in [2.24, 2.45) is 0 Å². The first-order valence-electron chi connectivity index (χ1n) is 33.4. The number of aromatic nitrogens is 8. The van der Waals surface area contributed by atoms with E-state index in [-0.39, 0.29) is 0 Å². The summed E-state index contributed by atoms with van der Waals surface area (Å²) in [6.07, 6.45) is 16.1. The predicted molar refractivity (Wildman–Crippen MR) is 353 cm³/mol. The second-order valence-electron chi connectivity index (χ2n) is 23.5. The third-order valence-corrected chi connectivity index (χ3v) is 16.3. The van der Waals surface area contributed by atoms with Crippen LogP contribution in [0.15, 0.2) is 48.5 Å². The predicted octanol–water partition coefficient (Wildman–Crippen LogP) is 17.4. The van der Waals surface area contributed by atoms with Crippen LogP contribution in [-0.4, -0.2) is 92.7 Å². The molecular formula is C72H98N8O8. The lowest BCUT2D eigenvalue weighted by molar-refractivity contribution is 0.104. The van der Waals surface area contributed by atoms with E-state index in [0.29, 0.717) is 152 Å². The summed E-state index contributed by atoms with van der Waals surface area (Å²) in [5.74, 6) is 2.03. The number of rotatable bonds is 40. The summed E-state index contributed by atoms with van der Waals surface area (Å²) in [5, 5.41) is 3.47. The smallest absolute Gasteiger partial charge is 0.164 e. The van der Waals surface area contributed by atoms with Gasteiger partial charge in [0.1, 0.15) is 22.6 Å². The molecule has 5 heterocycles. The van der Waals surface area contributed by atoms with Gasteiger partial charge in [-0.25, -0.2) is 29.9 Å². The third kappa shape index (κ3) is 17.2. The molecule has 4 aromatic carbocycles. The summed E-state index contributed by atoms with van der Waals surface area (Å²) in [6, 6.07) is 17.5. The Morgan fingerprint density at radius 1 is 0.239 bits per heavy atom. The number of hydrogen-bond donors (Lipinski definition) is 2. The Kier molecular flexibility index (Phi) is 26.2. The number of nitrogens with zero attached hydrogens (tertiary/aromatic N) is 6. The molecule has 0 radical (unpaired) electrons. The van der Waals surface area contributed by atoms with Crippen LogP contribution in [0.25, 0.3) is 89.7 Å². The number of ether oxygens (including phenoxy) is 8. The highest BCUT2D eigenvalue weighted by atomic mass is 16.5. The molecule has 9 rings (SSSR count). The van der Waals surface area contributed by atoms with Gasteiger partial charge in [-0.05, 0) is 144 Å². The minimum atomic E-state index is 0.417. The maximum atomic E-state index is 6.40. The maximum Gasteiger partial charge on any atom is 0.164 e. The number of aromatic amines is 2. The van der Waals surface area contributed by atoms with Gasteiger partial charge in [-0.1, -0.05) is 107 Å². The Labute approximate surface area is 522 Å². The lowest BCUT2D eigenvalue weighted by atomic mass is 9.99. The van der Waals surface area contributed by atoms with Crippen LogP contribution in [0.2, 0.25) is 0 Å². The van der Waals surface area contributed by atoms with Crippen molar-refractivity contribution in [1.29, 1.82) is 0 Å². The molecule has 0 unspecified atom stereocenters. The van der Waals surface area contributed by atoms with Gasteiger partial charge in [-0.2, -0.15) is 0 Å². The topological polar surface area (TPSA) is 183 Å². The third-order valence-electron chi connectivity index (χ3n) is 16.3. The zero-order chi connectivity index (χ0) is 61.5. The fraction of sp³-hybridized carbons (Fsp3) is 0.556. The first kappa shape index (κ1) is 66.3. The van der Waals surface area contributed by atoms with E-state index in [2.05, 4.69) is 114 Å². The van der Waals surface area contributed by atoms with E-state index < -0.39 is 0 Å². The van der Waals surface area contributed by atoms with Crippen LogP contribution in [0.5, 0.6) is 0 Å². The molecule has 16 nitrogen and oxygen atoms in total. The minimum absolute atomic E-state index is 0.417. The van der Waals surface area contributed by atoms with Crippen molar-refractivity contribution in [2.45, 2.75) is 211 Å². The SMILES string of the molecule is CCCCOCc1cc2c(cc1COCCCC)-c1nc-2nc2[nH]c(nc3nc(nc4[nH]c(n1)c1cc(COCCCC)c(COCCCC)cc41)-c1cc(COCCCC)c(COCCCC)cc1-3)c1cc(COCCCC)c(COCCCC)cc21. The van der Waals surface area contributed by atoms with E-state index in [9.17, 15) is 0 Å². The standard InChI is InChI=1S/C72H98N8O8/c1-9-17-25-81-41-49-33-57-58(34-50(49)42-82-26-18-10-2)66-73-65(57)77-67-59-35-51(43-83-27-19-11-3)52(44-84-28-20-12-4)36-60(59)69(74-67)79-71-63-39-55(47-87-31-23-15-7)56(48-88-32-24-16-8)40-64(63)72(76-71)80-70-62-38-54(46-86-30-22-14-6)53(45-85-29-21-13-5)37-61(62)68(75-70)78-66/h33-40H,9-32,41-48H2,1-8H3,(H2,73,74,75,76,77,78,79,80). The molecule has 0 fully saturated rings. The number of nitrogens with one attached hydrogen (secondary N) is 2. The van der Waals surface area contributed by atoms with Gasteiger partial charge in [-0.15, -0.1) is 0 Å². The molecule has 0 amide bonds. The molecule has 0 saturated carbocycles. The molecule has 2 N–H and O–H groups in total. The fourth-order valence-electron chi connectivity index (χ4n) is 10.8. The zero-order valence-corrected chi connectivity index (χ0v) is 54.2. The first-order valence-corrected chi connectivity index (χ1v) is 33.4. The summed E-state index contributed by atoms with van der Waals surface area (Å²) in [6.45, 7) is 26.1. The molecule has 0 saturated heterocycles. The number of hydrogen-bond acceptors (Lipinski definition) is 14. The summed E-state index contributed by atoms with van der Waals surface area (Å²) in [5.41, 5.74) is 14.0. The van der Waals surface area contributed by atoms with Gasteiger partial charge in [0.15, 0.2) is 23.3 Å². The van der Waals surface area contributed by atoms with Crippen molar-refractivity contribution in [2.75, 3.05) is 52.9 Å². The Morgan fingerprint density at radius 3 is 0.580 bits per heavy atom. The molecule has 2 aliphatic heterocycles. The second kappa shape index (κ2) is 34.8. The zero-order valence-electron chi connectivity index (χ0n) is 54.2. The van der Waals surface area contributed by atoms with Crippen LogP contribution in [0.3, 0.4) is 0 Å². The fourth-order valence-corrected chi connectivity index (χ4v) is 10.8. The largest absolute Gasteiger partial charge is 0.377 e. The Hall–Kier alpha value is -6.08. The molecular weight excluding hydrogens is 1100 g/mol. The van der Waals surface area contributed by atoms with Crippen molar-refractivity contribution in [3.63, 3.8) is 0 Å². The normalized spacial score (nSPS) is 12.1. The van der Waals surface area contributed by atoms with E-state index in [1.807, 2.05) is 0 Å². The van der Waals surface area contributed by atoms with Gasteiger partial charge in [0.2, 0.25) is 0 Å². The molecule has 7 aromatic rings. The average molecular weight is 1200 g/mol. The summed E-state index contributed by atoms with van der Waals surface area (Å²) in [7, 11) is 0. The van der Waals surface area contributed by atoms with Gasteiger partial charge in [0, 0.05) is 96.7 Å². The highest BCUT2D eigenvalue weighted by Gasteiger charge is 2.27. The molecule has 2 aliphatic rings. The van der Waals surface area contributed by atoms with E-state index in [1.165, 1.54) is 0 Å². The molecule has 474 valence electrons. The highest BCUT2D eigenvalue weighted by molar-refractivity contribution is 6.07. The molecule has 0 aliphatic carbocycles. The van der Waals surface area contributed by atoms with Crippen molar-refractivity contribution < 1.29 is 37.9 Å². The van der Waals surface area contributed by atoms with Crippen molar-refractivity contribution in [3.8, 4) is 45.6 Å². The number of unbranched alkanes of at least 4 members (excludes halogenated alkanes) is 8. The minimum Gasteiger partial charge on any atom is -0.377 e. The molecule has 3 aromatic heterocycles. The van der Waals surface area contributed by atoms with Crippen LogP contribution in [0.4, 0.5) is 0 Å². The molecule has 16 heteroatoms. The van der Waals surface area contributed by atoms with E-state index in [0.717, 1.165) is 191 Å². The van der Waals surface area contributed by atoms with Gasteiger partial charge >= 0.3 is 0 Å². The average Bonchev–Trinajstić information content (AvgIpc) is 2.03. The monoisotopic (exact) mass is 1200 g/mol. The Morgan fingerprint density at radius 2 is 0.409 bits per heavy atom. The van der Waals surface area contributed by atoms with Crippen molar-refractivity contribution >= 4 is 44.1 Å². The van der Waals surface area contributed by atoms with Crippen molar-refractivity contribution in [1.82, 2.24) is 39.9 Å². The van der Waals surface area contributed by atoms with Crippen LogP contribution < -0.4 is 0 Å². The Balaban J connectivity index is 1.39. The van der Waals surface area contributed by atoms with Crippen LogP contribution in [0, 0.1) is 0 Å².